The van der Waals surface area contributed by atoms with E-state index in [2.05, 4.69) is 35.1 Å². The van der Waals surface area contributed by atoms with Gasteiger partial charge in [-0.2, -0.15) is 0 Å². The molecule has 0 saturated carbocycles. The van der Waals surface area contributed by atoms with E-state index < -0.39 is 5.82 Å². The zero-order valence-electron chi connectivity index (χ0n) is 10.5. The number of ether oxygens (including phenoxy) is 1. The molecular formula is C13H17BrFNO2. The van der Waals surface area contributed by atoms with Crippen molar-refractivity contribution in [2.45, 2.75) is 20.3 Å². The van der Waals surface area contributed by atoms with Gasteiger partial charge in [0.2, 0.25) is 0 Å². The Kier molecular flexibility index (Phi) is 6.12. The van der Waals surface area contributed by atoms with E-state index in [9.17, 15) is 9.18 Å². The van der Waals surface area contributed by atoms with Crippen molar-refractivity contribution in [2.75, 3.05) is 13.2 Å². The fourth-order valence-electron chi connectivity index (χ4n) is 1.28. The van der Waals surface area contributed by atoms with Crippen LogP contribution in [0, 0.1) is 11.7 Å². The summed E-state index contributed by atoms with van der Waals surface area (Å²) in [6.45, 7) is 4.70. The normalized spacial score (nSPS) is 10.5. The van der Waals surface area contributed by atoms with Gasteiger partial charge in [-0.1, -0.05) is 13.8 Å². The number of carbonyl (C=O) groups excluding carboxylic acids is 1. The second kappa shape index (κ2) is 7.36. The maximum absolute atomic E-state index is 13.0. The molecule has 0 aliphatic carbocycles. The molecule has 0 bridgehead atoms. The molecule has 0 unspecified atom stereocenters. The van der Waals surface area contributed by atoms with Crippen LogP contribution in [0.5, 0.6) is 5.75 Å². The second-order valence-corrected chi connectivity index (χ2v) is 5.25. The molecule has 1 aromatic carbocycles. The molecule has 0 aliphatic rings. The van der Waals surface area contributed by atoms with E-state index in [1.807, 2.05) is 0 Å². The van der Waals surface area contributed by atoms with Crippen molar-refractivity contribution in [3.8, 4) is 5.75 Å². The van der Waals surface area contributed by atoms with Gasteiger partial charge in [-0.05, 0) is 40.4 Å². The molecule has 1 rings (SSSR count). The van der Waals surface area contributed by atoms with E-state index in [-0.39, 0.29) is 12.5 Å². The van der Waals surface area contributed by atoms with Gasteiger partial charge in [-0.15, -0.1) is 0 Å². The summed E-state index contributed by atoms with van der Waals surface area (Å²) in [6, 6.07) is 4.10. The summed E-state index contributed by atoms with van der Waals surface area (Å²) in [4.78, 5) is 11.4. The van der Waals surface area contributed by atoms with Crippen LogP contribution in [0.1, 0.15) is 20.3 Å². The lowest BCUT2D eigenvalue weighted by molar-refractivity contribution is -0.123. The minimum Gasteiger partial charge on any atom is -0.482 e. The number of halogens is 2. The van der Waals surface area contributed by atoms with E-state index in [4.69, 9.17) is 4.74 Å². The molecule has 18 heavy (non-hydrogen) atoms. The number of benzene rings is 1. The average Bonchev–Trinajstić information content (AvgIpc) is 2.30. The van der Waals surface area contributed by atoms with Crippen LogP contribution in [-0.2, 0) is 4.79 Å². The van der Waals surface area contributed by atoms with Gasteiger partial charge in [0.05, 0.1) is 4.47 Å². The molecule has 0 atom stereocenters. The van der Waals surface area contributed by atoms with Crippen molar-refractivity contribution in [1.82, 2.24) is 5.32 Å². The summed E-state index contributed by atoms with van der Waals surface area (Å²) in [7, 11) is 0. The quantitative estimate of drug-likeness (QED) is 0.875. The fourth-order valence-corrected chi connectivity index (χ4v) is 1.64. The highest BCUT2D eigenvalue weighted by Crippen LogP contribution is 2.25. The number of hydrogen-bond acceptors (Lipinski definition) is 2. The van der Waals surface area contributed by atoms with Gasteiger partial charge in [-0.25, -0.2) is 4.39 Å². The largest absolute Gasteiger partial charge is 0.482 e. The number of nitrogens with one attached hydrogen (secondary N) is 1. The summed E-state index contributed by atoms with van der Waals surface area (Å²) in [5.74, 6) is 0.276. The topological polar surface area (TPSA) is 38.3 Å². The van der Waals surface area contributed by atoms with Crippen molar-refractivity contribution in [3.63, 3.8) is 0 Å². The van der Waals surface area contributed by atoms with Crippen LogP contribution in [0.15, 0.2) is 22.7 Å². The summed E-state index contributed by atoms with van der Waals surface area (Å²) in [5.41, 5.74) is 0. The Hall–Kier alpha value is -1.10. The molecule has 1 aromatic rings. The first-order valence-electron chi connectivity index (χ1n) is 5.83. The first-order chi connectivity index (χ1) is 8.49. The molecular weight excluding hydrogens is 301 g/mol. The minimum absolute atomic E-state index is 0.111. The first-order valence-corrected chi connectivity index (χ1v) is 6.63. The van der Waals surface area contributed by atoms with Crippen LogP contribution < -0.4 is 10.1 Å². The van der Waals surface area contributed by atoms with Gasteiger partial charge >= 0.3 is 0 Å². The predicted molar refractivity (Wildman–Crippen MR) is 72.1 cm³/mol. The molecule has 0 heterocycles. The third-order valence-corrected chi connectivity index (χ3v) is 2.95. The maximum atomic E-state index is 13.0. The van der Waals surface area contributed by atoms with Crippen LogP contribution in [-0.4, -0.2) is 19.1 Å². The Morgan fingerprint density at radius 1 is 1.50 bits per heavy atom. The van der Waals surface area contributed by atoms with Crippen LogP contribution in [0.4, 0.5) is 4.39 Å². The van der Waals surface area contributed by atoms with Crippen molar-refractivity contribution >= 4 is 21.8 Å². The van der Waals surface area contributed by atoms with Gasteiger partial charge in [0.1, 0.15) is 11.6 Å². The third kappa shape index (κ3) is 5.49. The molecule has 0 saturated heterocycles. The van der Waals surface area contributed by atoms with E-state index >= 15 is 0 Å². The van der Waals surface area contributed by atoms with E-state index in [0.29, 0.717) is 22.7 Å². The standard InChI is InChI=1S/C13H17BrFNO2/c1-9(2)5-6-16-13(17)8-18-12-7-10(15)3-4-11(12)14/h3-4,7,9H,5-6,8H2,1-2H3,(H,16,17). The molecule has 5 heteroatoms. The van der Waals surface area contributed by atoms with Crippen LogP contribution in [0.25, 0.3) is 0 Å². The molecule has 100 valence electrons. The van der Waals surface area contributed by atoms with Crippen molar-refractivity contribution in [1.29, 1.82) is 0 Å². The molecule has 0 radical (unpaired) electrons. The lowest BCUT2D eigenvalue weighted by Crippen LogP contribution is -2.30. The van der Waals surface area contributed by atoms with Gasteiger partial charge in [-0.3, -0.25) is 4.79 Å². The van der Waals surface area contributed by atoms with Gasteiger partial charge in [0, 0.05) is 12.6 Å². The van der Waals surface area contributed by atoms with Gasteiger partial charge < -0.3 is 10.1 Å². The minimum atomic E-state index is -0.395. The summed E-state index contributed by atoms with van der Waals surface area (Å²) in [5, 5.41) is 2.75. The number of rotatable bonds is 6. The Bertz CT molecular complexity index is 410. The van der Waals surface area contributed by atoms with E-state index in [1.54, 1.807) is 6.07 Å². The second-order valence-electron chi connectivity index (χ2n) is 4.40. The highest BCUT2D eigenvalue weighted by molar-refractivity contribution is 9.10. The molecule has 0 spiro atoms. The van der Waals surface area contributed by atoms with Crippen LogP contribution in [0.2, 0.25) is 0 Å². The average molecular weight is 318 g/mol. The van der Waals surface area contributed by atoms with E-state index in [1.165, 1.54) is 12.1 Å². The predicted octanol–water partition coefficient (Wildman–Crippen LogP) is 3.13. The van der Waals surface area contributed by atoms with Crippen molar-refractivity contribution < 1.29 is 13.9 Å². The monoisotopic (exact) mass is 317 g/mol. The Morgan fingerprint density at radius 3 is 2.89 bits per heavy atom. The zero-order valence-corrected chi connectivity index (χ0v) is 12.1. The fraction of sp³-hybridized carbons (Fsp3) is 0.462. The van der Waals surface area contributed by atoms with Gasteiger partial charge in [0.25, 0.3) is 5.91 Å². The number of carbonyl (C=O) groups is 1. The lowest BCUT2D eigenvalue weighted by Gasteiger charge is -2.09. The third-order valence-electron chi connectivity index (χ3n) is 2.30. The SMILES string of the molecule is CC(C)CCNC(=O)COc1cc(F)ccc1Br. The van der Waals surface area contributed by atoms with Crippen LogP contribution >= 0.6 is 15.9 Å². The molecule has 0 aromatic heterocycles. The highest BCUT2D eigenvalue weighted by Gasteiger charge is 2.06. The summed E-state index contributed by atoms with van der Waals surface area (Å²) in [6.07, 6.45) is 0.926. The summed E-state index contributed by atoms with van der Waals surface area (Å²) < 4.78 is 18.8. The van der Waals surface area contributed by atoms with E-state index in [0.717, 1.165) is 6.42 Å². The molecule has 3 nitrogen and oxygen atoms in total. The lowest BCUT2D eigenvalue weighted by atomic mass is 10.1. The summed E-state index contributed by atoms with van der Waals surface area (Å²) >= 11 is 3.23. The number of amides is 1. The molecule has 0 fully saturated rings. The Morgan fingerprint density at radius 2 is 2.22 bits per heavy atom. The molecule has 0 aliphatic heterocycles. The van der Waals surface area contributed by atoms with Crippen molar-refractivity contribution in [3.05, 3.63) is 28.5 Å². The maximum Gasteiger partial charge on any atom is 0.257 e. The Balaban J connectivity index is 2.36. The zero-order chi connectivity index (χ0) is 13.5. The number of hydrogen-bond donors (Lipinski definition) is 1. The highest BCUT2D eigenvalue weighted by atomic mass is 79.9. The molecule has 1 amide bonds. The van der Waals surface area contributed by atoms with Crippen LogP contribution in [0.3, 0.4) is 0 Å². The smallest absolute Gasteiger partial charge is 0.257 e. The Labute approximate surface area is 115 Å². The van der Waals surface area contributed by atoms with Crippen molar-refractivity contribution in [2.24, 2.45) is 5.92 Å². The first kappa shape index (κ1) is 15.0. The van der Waals surface area contributed by atoms with Gasteiger partial charge in [0.15, 0.2) is 6.61 Å². The molecule has 1 N–H and O–H groups in total.